The van der Waals surface area contributed by atoms with E-state index in [9.17, 15) is 9.59 Å². The number of aliphatic hydroxyl groups excluding tert-OH is 2. The summed E-state index contributed by atoms with van der Waals surface area (Å²) in [6.07, 6.45) is 3.79. The molecule has 18 heavy (non-hydrogen) atoms. The van der Waals surface area contributed by atoms with Crippen LogP contribution in [0.25, 0.3) is 0 Å². The van der Waals surface area contributed by atoms with Gasteiger partial charge in [-0.3, -0.25) is 0 Å². The summed E-state index contributed by atoms with van der Waals surface area (Å²) in [4.78, 5) is 24.1. The second kappa shape index (κ2) is 7.17. The Morgan fingerprint density at radius 2 is 1.89 bits per heavy atom. The average molecular weight is 260 g/mol. The number of urea groups is 1. The summed E-state index contributed by atoms with van der Waals surface area (Å²) in [5, 5.41) is 28.8. The highest BCUT2D eigenvalue weighted by Gasteiger charge is 2.28. The SMILES string of the molecule is O=C(O)[C@@H](CO)NC(=O)N(CCO)C1CCCC1. The van der Waals surface area contributed by atoms with Crippen LogP contribution in [-0.4, -0.2) is 64.1 Å². The molecule has 104 valence electrons. The van der Waals surface area contributed by atoms with Gasteiger partial charge in [-0.05, 0) is 12.8 Å². The lowest BCUT2D eigenvalue weighted by Gasteiger charge is -2.29. The fourth-order valence-corrected chi connectivity index (χ4v) is 2.19. The third-order valence-corrected chi connectivity index (χ3v) is 3.15. The molecule has 7 nitrogen and oxygen atoms in total. The Morgan fingerprint density at radius 3 is 2.33 bits per heavy atom. The van der Waals surface area contributed by atoms with Crippen molar-refractivity contribution in [3.8, 4) is 0 Å². The van der Waals surface area contributed by atoms with Crippen molar-refractivity contribution in [3.63, 3.8) is 0 Å². The summed E-state index contributed by atoms with van der Waals surface area (Å²) in [5.41, 5.74) is 0. The molecular formula is C11H20N2O5. The van der Waals surface area contributed by atoms with E-state index in [1.165, 1.54) is 4.90 Å². The van der Waals surface area contributed by atoms with Crippen molar-refractivity contribution >= 4 is 12.0 Å². The van der Waals surface area contributed by atoms with Gasteiger partial charge in [0.25, 0.3) is 0 Å². The number of carbonyl (C=O) groups excluding carboxylic acids is 1. The van der Waals surface area contributed by atoms with Crippen LogP contribution >= 0.6 is 0 Å². The first-order valence-electron chi connectivity index (χ1n) is 6.11. The van der Waals surface area contributed by atoms with Gasteiger partial charge in [-0.1, -0.05) is 12.8 Å². The molecule has 1 fully saturated rings. The van der Waals surface area contributed by atoms with Crippen LogP contribution in [0.5, 0.6) is 0 Å². The van der Waals surface area contributed by atoms with Crippen LogP contribution in [0.1, 0.15) is 25.7 Å². The van der Waals surface area contributed by atoms with E-state index >= 15 is 0 Å². The fraction of sp³-hybridized carbons (Fsp3) is 0.818. The second-order valence-electron chi connectivity index (χ2n) is 4.38. The number of hydrogen-bond donors (Lipinski definition) is 4. The van der Waals surface area contributed by atoms with Gasteiger partial charge < -0.3 is 25.5 Å². The van der Waals surface area contributed by atoms with E-state index in [4.69, 9.17) is 15.3 Å². The molecule has 0 heterocycles. The minimum absolute atomic E-state index is 0.0466. The third-order valence-electron chi connectivity index (χ3n) is 3.15. The van der Waals surface area contributed by atoms with Gasteiger partial charge in [0.05, 0.1) is 13.2 Å². The largest absolute Gasteiger partial charge is 0.480 e. The van der Waals surface area contributed by atoms with Crippen molar-refractivity contribution in [2.75, 3.05) is 19.8 Å². The fourth-order valence-electron chi connectivity index (χ4n) is 2.19. The zero-order valence-corrected chi connectivity index (χ0v) is 10.2. The highest BCUT2D eigenvalue weighted by molar-refractivity contribution is 5.82. The molecule has 0 aromatic carbocycles. The summed E-state index contributed by atoms with van der Waals surface area (Å²) < 4.78 is 0. The van der Waals surface area contributed by atoms with Crippen LogP contribution < -0.4 is 5.32 Å². The highest BCUT2D eigenvalue weighted by atomic mass is 16.4. The van der Waals surface area contributed by atoms with Crippen molar-refractivity contribution in [3.05, 3.63) is 0 Å². The lowest BCUT2D eigenvalue weighted by atomic mass is 10.2. The van der Waals surface area contributed by atoms with Crippen molar-refractivity contribution in [2.24, 2.45) is 0 Å². The molecule has 1 rings (SSSR count). The maximum atomic E-state index is 11.9. The van der Waals surface area contributed by atoms with E-state index in [2.05, 4.69) is 5.32 Å². The summed E-state index contributed by atoms with van der Waals surface area (Å²) >= 11 is 0. The van der Waals surface area contributed by atoms with E-state index < -0.39 is 24.6 Å². The van der Waals surface area contributed by atoms with Gasteiger partial charge in [-0.15, -0.1) is 0 Å². The maximum absolute atomic E-state index is 11.9. The van der Waals surface area contributed by atoms with Crippen LogP contribution in [0, 0.1) is 0 Å². The van der Waals surface area contributed by atoms with Crippen LogP contribution in [0.15, 0.2) is 0 Å². The highest BCUT2D eigenvalue weighted by Crippen LogP contribution is 2.23. The van der Waals surface area contributed by atoms with E-state index in [0.717, 1.165) is 25.7 Å². The number of aliphatic hydroxyl groups is 2. The van der Waals surface area contributed by atoms with E-state index in [-0.39, 0.29) is 19.2 Å². The minimum Gasteiger partial charge on any atom is -0.480 e. The number of carbonyl (C=O) groups is 2. The molecule has 0 aromatic rings. The number of amides is 2. The summed E-state index contributed by atoms with van der Waals surface area (Å²) in [7, 11) is 0. The molecule has 7 heteroatoms. The van der Waals surface area contributed by atoms with Crippen LogP contribution in [0.4, 0.5) is 4.79 Å². The average Bonchev–Trinajstić information content (AvgIpc) is 2.85. The zero-order valence-electron chi connectivity index (χ0n) is 10.2. The Hall–Kier alpha value is -1.34. The molecule has 0 spiro atoms. The Bertz CT molecular complexity index is 291. The molecule has 1 aliphatic rings. The van der Waals surface area contributed by atoms with Crippen molar-refractivity contribution in [1.29, 1.82) is 0 Å². The first-order chi connectivity index (χ1) is 8.60. The Balaban J connectivity index is 2.60. The first kappa shape index (κ1) is 14.7. The number of aliphatic carboxylic acids is 1. The maximum Gasteiger partial charge on any atom is 0.328 e. The molecule has 4 N–H and O–H groups in total. The molecule has 0 aliphatic heterocycles. The molecule has 1 atom stereocenters. The minimum atomic E-state index is -1.31. The van der Waals surface area contributed by atoms with Gasteiger partial charge in [0, 0.05) is 12.6 Å². The summed E-state index contributed by atoms with van der Waals surface area (Å²) in [5.74, 6) is -1.28. The standard InChI is InChI=1S/C11H20N2O5/c14-6-5-13(8-3-1-2-4-8)11(18)12-9(7-15)10(16)17/h8-9,14-15H,1-7H2,(H,12,18)(H,16,17)/t9-/m1/s1. The van der Waals surface area contributed by atoms with Gasteiger partial charge in [-0.2, -0.15) is 0 Å². The normalized spacial score (nSPS) is 17.4. The third kappa shape index (κ3) is 3.85. The van der Waals surface area contributed by atoms with E-state index in [1.807, 2.05) is 0 Å². The number of carboxylic acids is 1. The molecule has 2 amide bonds. The van der Waals surface area contributed by atoms with Gasteiger partial charge in [0.2, 0.25) is 0 Å². The van der Waals surface area contributed by atoms with Gasteiger partial charge in [-0.25, -0.2) is 9.59 Å². The molecule has 1 saturated carbocycles. The molecule has 1 aliphatic carbocycles. The number of carboxylic acid groups (broad SMARTS) is 1. The molecular weight excluding hydrogens is 240 g/mol. The topological polar surface area (TPSA) is 110 Å². The zero-order chi connectivity index (χ0) is 13.5. The smallest absolute Gasteiger partial charge is 0.328 e. The first-order valence-corrected chi connectivity index (χ1v) is 6.11. The van der Waals surface area contributed by atoms with Crippen LogP contribution in [-0.2, 0) is 4.79 Å². The molecule has 0 unspecified atom stereocenters. The number of nitrogens with zero attached hydrogens (tertiary/aromatic N) is 1. The number of hydrogen-bond acceptors (Lipinski definition) is 4. The predicted molar refractivity (Wildman–Crippen MR) is 63.1 cm³/mol. The molecule has 0 bridgehead atoms. The quantitative estimate of drug-likeness (QED) is 0.508. The van der Waals surface area contributed by atoms with E-state index in [1.54, 1.807) is 0 Å². The Morgan fingerprint density at radius 1 is 1.28 bits per heavy atom. The van der Waals surface area contributed by atoms with Crippen molar-refractivity contribution < 1.29 is 24.9 Å². The Kier molecular flexibility index (Phi) is 5.87. The molecule has 0 aromatic heterocycles. The van der Waals surface area contributed by atoms with Crippen LogP contribution in [0.3, 0.4) is 0 Å². The lowest BCUT2D eigenvalue weighted by molar-refractivity contribution is -0.140. The summed E-state index contributed by atoms with van der Waals surface area (Å²) in [6, 6.07) is -1.80. The monoisotopic (exact) mass is 260 g/mol. The van der Waals surface area contributed by atoms with Crippen LogP contribution in [0.2, 0.25) is 0 Å². The summed E-state index contributed by atoms with van der Waals surface area (Å²) in [6.45, 7) is -0.645. The van der Waals surface area contributed by atoms with Crippen molar-refractivity contribution in [1.82, 2.24) is 10.2 Å². The number of rotatable bonds is 6. The second-order valence-corrected chi connectivity index (χ2v) is 4.38. The van der Waals surface area contributed by atoms with E-state index in [0.29, 0.717) is 0 Å². The van der Waals surface area contributed by atoms with Gasteiger partial charge >= 0.3 is 12.0 Å². The number of nitrogens with one attached hydrogen (secondary N) is 1. The predicted octanol–water partition coefficient (Wildman–Crippen LogP) is -0.622. The van der Waals surface area contributed by atoms with Gasteiger partial charge in [0.1, 0.15) is 0 Å². The molecule has 0 saturated heterocycles. The lowest BCUT2D eigenvalue weighted by Crippen LogP contribution is -2.52. The Labute approximate surface area is 105 Å². The van der Waals surface area contributed by atoms with Crippen molar-refractivity contribution in [2.45, 2.75) is 37.8 Å². The molecule has 0 radical (unpaired) electrons. The van der Waals surface area contributed by atoms with Gasteiger partial charge in [0.15, 0.2) is 6.04 Å².